The Hall–Kier alpha value is -0.700. The monoisotopic (exact) mass is 254 g/mol. The molecule has 3 heteroatoms. The summed E-state index contributed by atoms with van der Waals surface area (Å²) >= 11 is 3.51. The number of rotatable bonds is 2. The summed E-state index contributed by atoms with van der Waals surface area (Å²) < 4.78 is 1.15. The number of fused-ring (bicyclic) bond motifs is 1. The van der Waals surface area contributed by atoms with Gasteiger partial charge in [0, 0.05) is 24.1 Å². The van der Waals surface area contributed by atoms with Gasteiger partial charge in [-0.1, -0.05) is 22.9 Å². The zero-order valence-corrected chi connectivity index (χ0v) is 9.97. The van der Waals surface area contributed by atoms with Gasteiger partial charge in [-0.3, -0.25) is 0 Å². The number of benzene rings is 1. The molecule has 2 nitrogen and oxygen atoms in total. The summed E-state index contributed by atoms with van der Waals surface area (Å²) in [5.41, 5.74) is 2.58. The van der Waals surface area contributed by atoms with Crippen molar-refractivity contribution in [1.29, 1.82) is 0 Å². The van der Waals surface area contributed by atoms with Crippen molar-refractivity contribution < 1.29 is 0 Å². The molecular formula is C11H15BrN2. The third kappa shape index (κ3) is 1.87. The van der Waals surface area contributed by atoms with Gasteiger partial charge in [0.25, 0.3) is 0 Å². The average molecular weight is 255 g/mol. The van der Waals surface area contributed by atoms with Crippen molar-refractivity contribution in [1.82, 2.24) is 0 Å². The first-order valence-electron chi connectivity index (χ1n) is 5.09. The second kappa shape index (κ2) is 4.22. The van der Waals surface area contributed by atoms with E-state index in [1.165, 1.54) is 17.8 Å². The smallest absolute Gasteiger partial charge is 0.0613 e. The van der Waals surface area contributed by atoms with Crippen LogP contribution in [0.15, 0.2) is 22.7 Å². The van der Waals surface area contributed by atoms with Crippen LogP contribution in [0.25, 0.3) is 0 Å². The molecule has 1 N–H and O–H groups in total. The van der Waals surface area contributed by atoms with Crippen LogP contribution in [-0.2, 0) is 0 Å². The van der Waals surface area contributed by atoms with Crippen LogP contribution in [0.1, 0.15) is 13.3 Å². The highest BCUT2D eigenvalue weighted by Gasteiger charge is 2.15. The van der Waals surface area contributed by atoms with E-state index in [1.54, 1.807) is 0 Å². The number of nitrogens with zero attached hydrogens (tertiary/aromatic N) is 1. The number of hydrogen-bond donors (Lipinski definition) is 1. The molecule has 1 aliphatic rings. The Bertz CT molecular complexity index is 325. The van der Waals surface area contributed by atoms with Gasteiger partial charge in [0.1, 0.15) is 0 Å². The predicted molar refractivity (Wildman–Crippen MR) is 65.1 cm³/mol. The lowest BCUT2D eigenvalue weighted by Crippen LogP contribution is -2.34. The van der Waals surface area contributed by atoms with Crippen LogP contribution in [0.5, 0.6) is 0 Å². The highest BCUT2D eigenvalue weighted by atomic mass is 79.9. The second-order valence-electron chi connectivity index (χ2n) is 3.58. The molecule has 0 unspecified atom stereocenters. The van der Waals surface area contributed by atoms with E-state index in [0.29, 0.717) is 0 Å². The number of halogens is 1. The average Bonchev–Trinajstić information content (AvgIpc) is 2.19. The van der Waals surface area contributed by atoms with Crippen molar-refractivity contribution in [3.05, 3.63) is 22.7 Å². The lowest BCUT2D eigenvalue weighted by Gasteiger charge is -2.32. The van der Waals surface area contributed by atoms with E-state index in [1.807, 2.05) is 0 Å². The van der Waals surface area contributed by atoms with Crippen LogP contribution in [0, 0.1) is 0 Å². The van der Waals surface area contributed by atoms with E-state index in [-0.39, 0.29) is 0 Å². The maximum Gasteiger partial charge on any atom is 0.0613 e. The SMILES string of the molecule is CCCN1CCNc2ccc(Br)cc21. The predicted octanol–water partition coefficient (Wildman–Crippen LogP) is 3.09. The summed E-state index contributed by atoms with van der Waals surface area (Å²) in [6.07, 6.45) is 1.20. The van der Waals surface area contributed by atoms with Crippen LogP contribution in [0.2, 0.25) is 0 Å². The molecule has 14 heavy (non-hydrogen) atoms. The molecule has 0 bridgehead atoms. The van der Waals surface area contributed by atoms with Crippen molar-refractivity contribution in [2.45, 2.75) is 13.3 Å². The fourth-order valence-corrected chi connectivity index (χ4v) is 2.21. The van der Waals surface area contributed by atoms with Crippen molar-refractivity contribution in [3.63, 3.8) is 0 Å². The molecule has 1 aromatic rings. The largest absolute Gasteiger partial charge is 0.382 e. The summed E-state index contributed by atoms with van der Waals surface area (Å²) in [4.78, 5) is 2.44. The van der Waals surface area contributed by atoms with Gasteiger partial charge in [0.05, 0.1) is 11.4 Å². The third-order valence-corrected chi connectivity index (χ3v) is 2.98. The van der Waals surface area contributed by atoms with Gasteiger partial charge in [0.15, 0.2) is 0 Å². The van der Waals surface area contributed by atoms with Gasteiger partial charge in [-0.05, 0) is 24.6 Å². The van der Waals surface area contributed by atoms with Gasteiger partial charge >= 0.3 is 0 Å². The molecule has 0 radical (unpaired) electrons. The molecule has 2 rings (SSSR count). The summed E-state index contributed by atoms with van der Waals surface area (Å²) in [7, 11) is 0. The van der Waals surface area contributed by atoms with Gasteiger partial charge in [-0.25, -0.2) is 0 Å². The minimum atomic E-state index is 1.05. The summed E-state index contributed by atoms with van der Waals surface area (Å²) in [5.74, 6) is 0. The fraction of sp³-hybridized carbons (Fsp3) is 0.455. The van der Waals surface area contributed by atoms with Crippen LogP contribution < -0.4 is 10.2 Å². The Labute approximate surface area is 93.4 Å². The zero-order valence-electron chi connectivity index (χ0n) is 8.39. The lowest BCUT2D eigenvalue weighted by atomic mass is 10.2. The van der Waals surface area contributed by atoms with E-state index < -0.39 is 0 Å². The molecule has 76 valence electrons. The first kappa shape index (κ1) is 9.84. The van der Waals surface area contributed by atoms with E-state index >= 15 is 0 Å². The number of hydrogen-bond acceptors (Lipinski definition) is 2. The Morgan fingerprint density at radius 3 is 3.14 bits per heavy atom. The Balaban J connectivity index is 2.32. The molecule has 1 aliphatic heterocycles. The Kier molecular flexibility index (Phi) is 2.96. The van der Waals surface area contributed by atoms with E-state index in [4.69, 9.17) is 0 Å². The Morgan fingerprint density at radius 2 is 2.36 bits per heavy atom. The summed E-state index contributed by atoms with van der Waals surface area (Å²) in [6.45, 7) is 5.52. The minimum Gasteiger partial charge on any atom is -0.382 e. The van der Waals surface area contributed by atoms with Crippen molar-refractivity contribution in [2.75, 3.05) is 29.9 Å². The normalized spacial score (nSPS) is 14.9. The molecule has 0 amide bonds. The molecule has 0 spiro atoms. The first-order chi connectivity index (χ1) is 6.81. The topological polar surface area (TPSA) is 15.3 Å². The van der Waals surface area contributed by atoms with Crippen molar-refractivity contribution in [2.24, 2.45) is 0 Å². The molecular weight excluding hydrogens is 240 g/mol. The van der Waals surface area contributed by atoms with Crippen LogP contribution in [-0.4, -0.2) is 19.6 Å². The number of nitrogens with one attached hydrogen (secondary N) is 1. The molecule has 0 saturated heterocycles. The van der Waals surface area contributed by atoms with Crippen molar-refractivity contribution in [3.8, 4) is 0 Å². The zero-order chi connectivity index (χ0) is 9.97. The van der Waals surface area contributed by atoms with Gasteiger partial charge in [0.2, 0.25) is 0 Å². The van der Waals surface area contributed by atoms with Gasteiger partial charge < -0.3 is 10.2 Å². The quantitative estimate of drug-likeness (QED) is 0.873. The maximum atomic E-state index is 3.51. The highest BCUT2D eigenvalue weighted by Crippen LogP contribution is 2.31. The number of anilines is 2. The fourth-order valence-electron chi connectivity index (χ4n) is 1.86. The molecule has 0 atom stereocenters. The Morgan fingerprint density at radius 1 is 1.50 bits per heavy atom. The van der Waals surface area contributed by atoms with Crippen LogP contribution in [0.4, 0.5) is 11.4 Å². The van der Waals surface area contributed by atoms with Crippen LogP contribution in [0.3, 0.4) is 0 Å². The maximum absolute atomic E-state index is 3.51. The van der Waals surface area contributed by atoms with Gasteiger partial charge in [-0.2, -0.15) is 0 Å². The summed E-state index contributed by atoms with van der Waals surface area (Å²) in [6, 6.07) is 6.42. The molecule has 0 aliphatic carbocycles. The molecule has 1 aromatic carbocycles. The highest BCUT2D eigenvalue weighted by molar-refractivity contribution is 9.10. The molecule has 0 aromatic heterocycles. The lowest BCUT2D eigenvalue weighted by molar-refractivity contribution is 0.759. The second-order valence-corrected chi connectivity index (χ2v) is 4.49. The van der Waals surface area contributed by atoms with E-state index in [2.05, 4.69) is 51.3 Å². The van der Waals surface area contributed by atoms with Crippen molar-refractivity contribution >= 4 is 27.3 Å². The molecule has 0 saturated carbocycles. The van der Waals surface area contributed by atoms with E-state index in [0.717, 1.165) is 24.1 Å². The summed E-state index contributed by atoms with van der Waals surface area (Å²) in [5, 5.41) is 3.42. The molecule has 1 heterocycles. The minimum absolute atomic E-state index is 1.05. The molecule has 0 fully saturated rings. The first-order valence-corrected chi connectivity index (χ1v) is 5.89. The standard InChI is InChI=1S/C11H15BrN2/c1-2-6-14-7-5-13-10-4-3-9(12)8-11(10)14/h3-4,8,13H,2,5-7H2,1H3. The van der Waals surface area contributed by atoms with Crippen LogP contribution >= 0.6 is 15.9 Å². The third-order valence-electron chi connectivity index (χ3n) is 2.49. The van der Waals surface area contributed by atoms with E-state index in [9.17, 15) is 0 Å². The van der Waals surface area contributed by atoms with Gasteiger partial charge in [-0.15, -0.1) is 0 Å².